The van der Waals surface area contributed by atoms with Crippen molar-refractivity contribution in [2.45, 2.75) is 6.18 Å². The molecule has 0 unspecified atom stereocenters. The molecule has 0 aliphatic rings. The second kappa shape index (κ2) is 6.68. The second-order valence-corrected chi connectivity index (χ2v) is 5.60. The third-order valence-electron chi connectivity index (χ3n) is 3.34. The van der Waals surface area contributed by atoms with Crippen molar-refractivity contribution >= 4 is 34.2 Å². The van der Waals surface area contributed by atoms with Gasteiger partial charge in [0.2, 0.25) is 5.82 Å². The summed E-state index contributed by atoms with van der Waals surface area (Å²) in [6.45, 7) is 0. The van der Waals surface area contributed by atoms with Gasteiger partial charge in [-0.05, 0) is 36.4 Å². The van der Waals surface area contributed by atoms with Gasteiger partial charge < -0.3 is 5.32 Å². The van der Waals surface area contributed by atoms with Crippen LogP contribution in [0.15, 0.2) is 53.3 Å². The average Bonchev–Trinajstić information content (AvgIpc) is 2.58. The first kappa shape index (κ1) is 17.7. The highest BCUT2D eigenvalue weighted by Gasteiger charge is 2.38. The molecule has 1 heterocycles. The van der Waals surface area contributed by atoms with Gasteiger partial charge in [-0.2, -0.15) is 17.8 Å². The van der Waals surface area contributed by atoms with Crippen molar-refractivity contribution in [1.29, 1.82) is 0 Å². The first-order valence-electron chi connectivity index (χ1n) is 7.18. The van der Waals surface area contributed by atoms with Gasteiger partial charge in [-0.3, -0.25) is 4.79 Å². The number of amides is 2. The highest BCUT2D eigenvalue weighted by Crippen LogP contribution is 2.27. The number of urea groups is 1. The molecule has 0 fully saturated rings. The third kappa shape index (κ3) is 3.62. The highest BCUT2D eigenvalue weighted by atomic mass is 35.5. The van der Waals surface area contributed by atoms with E-state index in [4.69, 9.17) is 11.6 Å². The topological polar surface area (TPSA) is 76.0 Å². The number of rotatable bonds is 2. The van der Waals surface area contributed by atoms with E-state index in [0.29, 0.717) is 5.02 Å². The van der Waals surface area contributed by atoms with Gasteiger partial charge in [0, 0.05) is 10.7 Å². The van der Waals surface area contributed by atoms with Crippen LogP contribution in [0.5, 0.6) is 0 Å². The van der Waals surface area contributed by atoms with E-state index in [-0.39, 0.29) is 21.3 Å². The summed E-state index contributed by atoms with van der Waals surface area (Å²) in [5.74, 6) is -1.53. The summed E-state index contributed by atoms with van der Waals surface area (Å²) in [4.78, 5) is 27.9. The van der Waals surface area contributed by atoms with Gasteiger partial charge in [-0.15, -0.1) is 0 Å². The second-order valence-electron chi connectivity index (χ2n) is 5.16. The van der Waals surface area contributed by atoms with Crippen LogP contribution >= 0.6 is 11.6 Å². The number of carbonyl (C=O) groups excluding carboxylic acids is 1. The third-order valence-corrected chi connectivity index (χ3v) is 3.60. The number of nitrogens with zero attached hydrogens (tertiary/aromatic N) is 2. The fourth-order valence-corrected chi connectivity index (χ4v) is 2.35. The van der Waals surface area contributed by atoms with Crippen LogP contribution in [0, 0.1) is 0 Å². The molecule has 134 valence electrons. The maximum atomic E-state index is 13.3. The van der Waals surface area contributed by atoms with Crippen LogP contribution in [0.2, 0.25) is 5.02 Å². The lowest BCUT2D eigenvalue weighted by Crippen LogP contribution is -2.40. The minimum atomic E-state index is -4.95. The fourth-order valence-electron chi connectivity index (χ4n) is 2.22. The van der Waals surface area contributed by atoms with Crippen LogP contribution in [0.4, 0.5) is 23.7 Å². The number of aromatic nitrogens is 2. The van der Waals surface area contributed by atoms with Crippen molar-refractivity contribution in [2.75, 3.05) is 10.7 Å². The molecule has 2 aromatic carbocycles. The molecule has 10 heteroatoms. The van der Waals surface area contributed by atoms with Crippen molar-refractivity contribution in [3.8, 4) is 0 Å². The van der Waals surface area contributed by atoms with Crippen molar-refractivity contribution in [2.24, 2.45) is 0 Å². The molecule has 2 N–H and O–H groups in total. The normalized spacial score (nSPS) is 11.4. The Hall–Kier alpha value is -3.07. The summed E-state index contributed by atoms with van der Waals surface area (Å²) in [6.07, 6.45) is -4.95. The first-order chi connectivity index (χ1) is 12.3. The number of carbonyl (C=O) groups is 1. The molecule has 0 radical (unpaired) electrons. The molecule has 0 spiro atoms. The van der Waals surface area contributed by atoms with Crippen LogP contribution < -0.4 is 16.3 Å². The minimum Gasteiger partial charge on any atom is -0.307 e. The lowest BCUT2D eigenvalue weighted by Gasteiger charge is -2.16. The molecule has 0 aliphatic carbocycles. The summed E-state index contributed by atoms with van der Waals surface area (Å²) in [7, 11) is 0. The van der Waals surface area contributed by atoms with Crippen LogP contribution in [0.25, 0.3) is 10.9 Å². The smallest absolute Gasteiger partial charge is 0.307 e. The summed E-state index contributed by atoms with van der Waals surface area (Å²) in [5.41, 5.74) is 0.988. The zero-order valence-corrected chi connectivity index (χ0v) is 13.6. The van der Waals surface area contributed by atoms with E-state index in [2.05, 4.69) is 10.3 Å². The van der Waals surface area contributed by atoms with Gasteiger partial charge in [-0.1, -0.05) is 23.7 Å². The number of anilines is 1. The van der Waals surface area contributed by atoms with E-state index in [0.717, 1.165) is 0 Å². The molecule has 0 atom stereocenters. The number of halogens is 4. The molecule has 0 saturated heterocycles. The van der Waals surface area contributed by atoms with Crippen molar-refractivity contribution in [3.05, 3.63) is 69.7 Å². The van der Waals surface area contributed by atoms with Gasteiger partial charge in [0.1, 0.15) is 0 Å². The highest BCUT2D eigenvalue weighted by molar-refractivity contribution is 6.30. The van der Waals surface area contributed by atoms with Crippen molar-refractivity contribution < 1.29 is 18.0 Å². The quantitative estimate of drug-likeness (QED) is 0.707. The summed E-state index contributed by atoms with van der Waals surface area (Å²) in [6, 6.07) is 10.4. The zero-order chi connectivity index (χ0) is 18.9. The summed E-state index contributed by atoms with van der Waals surface area (Å²) >= 11 is 5.72. The molecular formula is C16H10ClF3N4O2. The van der Waals surface area contributed by atoms with Crippen LogP contribution in [0.3, 0.4) is 0 Å². The number of hydrogen-bond acceptors (Lipinski definition) is 3. The van der Waals surface area contributed by atoms with Crippen molar-refractivity contribution in [1.82, 2.24) is 9.66 Å². The zero-order valence-electron chi connectivity index (χ0n) is 12.8. The van der Waals surface area contributed by atoms with Crippen molar-refractivity contribution in [3.63, 3.8) is 0 Å². The Morgan fingerprint density at radius 1 is 1.08 bits per heavy atom. The van der Waals surface area contributed by atoms with Crippen LogP contribution in [0.1, 0.15) is 5.82 Å². The average molecular weight is 383 g/mol. The molecule has 0 bridgehead atoms. The Balaban J connectivity index is 2.00. The van der Waals surface area contributed by atoms with Crippen LogP contribution in [-0.4, -0.2) is 15.7 Å². The molecule has 3 aromatic rings. The van der Waals surface area contributed by atoms with E-state index in [9.17, 15) is 22.8 Å². The maximum Gasteiger partial charge on any atom is 0.451 e. The predicted octanol–water partition coefficient (Wildman–Crippen LogP) is 3.84. The number of benzene rings is 2. The molecule has 1 aromatic heterocycles. The Kier molecular flexibility index (Phi) is 4.56. The van der Waals surface area contributed by atoms with Gasteiger partial charge in [0.05, 0.1) is 10.9 Å². The van der Waals surface area contributed by atoms with Gasteiger partial charge >= 0.3 is 12.2 Å². The summed E-state index contributed by atoms with van der Waals surface area (Å²) < 4.78 is 39.9. The standard InChI is InChI=1S/C16H10ClF3N4O2/c17-9-5-7-10(8-6-9)21-15(26)23-24-13(25)11-3-1-2-4-12(11)22-14(24)16(18,19)20/h1-8H,(H2,21,23,26). The van der Waals surface area contributed by atoms with Gasteiger partial charge in [-0.25, -0.2) is 15.2 Å². The largest absolute Gasteiger partial charge is 0.451 e. The van der Waals surface area contributed by atoms with Gasteiger partial charge in [0.25, 0.3) is 5.56 Å². The fraction of sp³-hybridized carbons (Fsp3) is 0.0625. The van der Waals surface area contributed by atoms with E-state index in [1.165, 1.54) is 48.5 Å². The minimum absolute atomic E-state index is 0.0627. The molecule has 6 nitrogen and oxygen atoms in total. The number of alkyl halides is 3. The molecule has 0 aliphatic heterocycles. The number of nitrogens with one attached hydrogen (secondary N) is 2. The maximum absolute atomic E-state index is 13.3. The van der Waals surface area contributed by atoms with E-state index < -0.39 is 23.6 Å². The molecule has 26 heavy (non-hydrogen) atoms. The van der Waals surface area contributed by atoms with E-state index >= 15 is 0 Å². The Labute approximate surface area is 149 Å². The monoisotopic (exact) mass is 382 g/mol. The van der Waals surface area contributed by atoms with Crippen LogP contribution in [-0.2, 0) is 6.18 Å². The molecule has 0 saturated carbocycles. The lowest BCUT2D eigenvalue weighted by atomic mass is 10.2. The lowest BCUT2D eigenvalue weighted by molar-refractivity contribution is -0.147. The first-order valence-corrected chi connectivity index (χ1v) is 7.56. The Morgan fingerprint density at radius 2 is 1.73 bits per heavy atom. The molecule has 3 rings (SSSR count). The molecular weight excluding hydrogens is 373 g/mol. The summed E-state index contributed by atoms with van der Waals surface area (Å²) in [5, 5.41) is 2.67. The number of para-hydroxylation sites is 1. The van der Waals surface area contributed by atoms with E-state index in [1.807, 2.05) is 5.43 Å². The molecule has 2 amide bonds. The Morgan fingerprint density at radius 3 is 2.38 bits per heavy atom. The van der Waals surface area contributed by atoms with Gasteiger partial charge in [0.15, 0.2) is 0 Å². The predicted molar refractivity (Wildman–Crippen MR) is 90.8 cm³/mol. The SMILES string of the molecule is O=C(Nc1ccc(Cl)cc1)Nn1c(C(F)(F)F)nc2ccccc2c1=O. The Bertz CT molecular complexity index is 1030. The van der Waals surface area contributed by atoms with E-state index in [1.54, 1.807) is 0 Å². The number of hydrogen-bond donors (Lipinski definition) is 2. The number of fused-ring (bicyclic) bond motifs is 1.